The van der Waals surface area contributed by atoms with Gasteiger partial charge in [0.15, 0.2) is 0 Å². The second-order valence-electron chi connectivity index (χ2n) is 4.86. The summed E-state index contributed by atoms with van der Waals surface area (Å²) in [5.74, 6) is 0.614. The number of amides is 1. The van der Waals surface area contributed by atoms with E-state index in [0.29, 0.717) is 11.5 Å². The fourth-order valence-electron chi connectivity index (χ4n) is 2.52. The van der Waals surface area contributed by atoms with Gasteiger partial charge in [0.1, 0.15) is 5.75 Å². The summed E-state index contributed by atoms with van der Waals surface area (Å²) in [6.45, 7) is 3.80. The third kappa shape index (κ3) is 2.86. The Morgan fingerprint density at radius 1 is 1.56 bits per heavy atom. The molecule has 0 saturated carbocycles. The second kappa shape index (κ2) is 5.74. The molecule has 1 saturated heterocycles. The van der Waals surface area contributed by atoms with Gasteiger partial charge in [-0.2, -0.15) is 0 Å². The molecule has 1 aromatic carbocycles. The van der Waals surface area contributed by atoms with Crippen LogP contribution in [0.3, 0.4) is 0 Å². The number of phenols is 1. The summed E-state index contributed by atoms with van der Waals surface area (Å²) in [5, 5.41) is 9.81. The number of likely N-dealkylation sites (tertiary alicyclic amines) is 1. The van der Waals surface area contributed by atoms with Crippen molar-refractivity contribution in [3.63, 3.8) is 0 Å². The van der Waals surface area contributed by atoms with Crippen molar-refractivity contribution in [1.82, 2.24) is 4.90 Å². The largest absolute Gasteiger partial charge is 0.507 e. The van der Waals surface area contributed by atoms with Crippen molar-refractivity contribution in [2.75, 3.05) is 13.1 Å². The van der Waals surface area contributed by atoms with Crippen molar-refractivity contribution < 1.29 is 9.90 Å². The molecule has 1 fully saturated rings. The monoisotopic (exact) mass is 311 g/mol. The number of aromatic hydroxyl groups is 1. The van der Waals surface area contributed by atoms with E-state index in [1.165, 1.54) is 6.42 Å². The highest BCUT2D eigenvalue weighted by molar-refractivity contribution is 9.10. The molecule has 1 aromatic rings. The van der Waals surface area contributed by atoms with Crippen molar-refractivity contribution in [1.29, 1.82) is 0 Å². The number of benzene rings is 1. The number of carbonyl (C=O) groups is 1. The number of hydrogen-bond donors (Lipinski definition) is 1. The third-order valence-electron chi connectivity index (χ3n) is 3.46. The molecule has 0 aromatic heterocycles. The lowest BCUT2D eigenvalue weighted by atomic mass is 10.0. The van der Waals surface area contributed by atoms with Crippen LogP contribution < -0.4 is 0 Å². The minimum Gasteiger partial charge on any atom is -0.507 e. The Kier molecular flexibility index (Phi) is 4.27. The van der Waals surface area contributed by atoms with Gasteiger partial charge in [0.2, 0.25) is 0 Å². The second-order valence-corrected chi connectivity index (χ2v) is 5.77. The molecule has 0 radical (unpaired) electrons. The van der Waals surface area contributed by atoms with E-state index >= 15 is 0 Å². The van der Waals surface area contributed by atoms with Crippen molar-refractivity contribution >= 4 is 21.8 Å². The average Bonchev–Trinajstić information content (AvgIpc) is 2.77. The molecule has 1 heterocycles. The summed E-state index contributed by atoms with van der Waals surface area (Å²) in [6.07, 6.45) is 3.42. The van der Waals surface area contributed by atoms with Crippen molar-refractivity contribution in [2.24, 2.45) is 5.92 Å². The first kappa shape index (κ1) is 13.4. The van der Waals surface area contributed by atoms with Crippen LogP contribution in [-0.4, -0.2) is 29.0 Å². The number of halogens is 1. The van der Waals surface area contributed by atoms with Gasteiger partial charge in [0.05, 0.1) is 5.56 Å². The Bertz CT molecular complexity index is 447. The molecular weight excluding hydrogens is 294 g/mol. The van der Waals surface area contributed by atoms with E-state index in [9.17, 15) is 9.90 Å². The smallest absolute Gasteiger partial charge is 0.257 e. The van der Waals surface area contributed by atoms with Gasteiger partial charge in [-0.15, -0.1) is 0 Å². The first-order valence-electron chi connectivity index (χ1n) is 6.39. The van der Waals surface area contributed by atoms with E-state index in [4.69, 9.17) is 0 Å². The first-order valence-corrected chi connectivity index (χ1v) is 7.19. The number of hydrogen-bond acceptors (Lipinski definition) is 2. The predicted octanol–water partition coefficient (Wildman–Crippen LogP) is 3.42. The van der Waals surface area contributed by atoms with Gasteiger partial charge < -0.3 is 10.0 Å². The molecule has 0 spiro atoms. The van der Waals surface area contributed by atoms with Gasteiger partial charge in [-0.3, -0.25) is 4.79 Å². The maximum atomic E-state index is 12.3. The van der Waals surface area contributed by atoms with Crippen LogP contribution in [0.25, 0.3) is 0 Å². The molecule has 1 aliphatic heterocycles. The van der Waals surface area contributed by atoms with E-state index in [1.54, 1.807) is 18.2 Å². The van der Waals surface area contributed by atoms with E-state index in [2.05, 4.69) is 22.9 Å². The summed E-state index contributed by atoms with van der Waals surface area (Å²) in [4.78, 5) is 14.1. The van der Waals surface area contributed by atoms with E-state index < -0.39 is 0 Å². The van der Waals surface area contributed by atoms with Crippen LogP contribution in [0, 0.1) is 5.92 Å². The van der Waals surface area contributed by atoms with Crippen LogP contribution >= 0.6 is 15.9 Å². The molecule has 0 bridgehead atoms. The van der Waals surface area contributed by atoms with E-state index in [0.717, 1.165) is 30.4 Å². The highest BCUT2D eigenvalue weighted by Crippen LogP contribution is 2.27. The van der Waals surface area contributed by atoms with Crippen molar-refractivity contribution in [3.8, 4) is 5.75 Å². The zero-order chi connectivity index (χ0) is 13.1. The van der Waals surface area contributed by atoms with Gasteiger partial charge in [-0.1, -0.05) is 29.3 Å². The molecule has 18 heavy (non-hydrogen) atoms. The standard InChI is InChI=1S/C14H18BrNO2/c1-2-3-10-6-7-16(9-10)14(18)12-5-4-11(15)8-13(12)17/h4-5,8,10,17H,2-3,6-7,9H2,1H3. The average molecular weight is 312 g/mol. The van der Waals surface area contributed by atoms with Crippen molar-refractivity contribution in [3.05, 3.63) is 28.2 Å². The maximum absolute atomic E-state index is 12.3. The normalized spacial score (nSPS) is 19.2. The fourth-order valence-corrected chi connectivity index (χ4v) is 2.87. The van der Waals surface area contributed by atoms with Crippen LogP contribution in [0.1, 0.15) is 36.5 Å². The van der Waals surface area contributed by atoms with E-state index in [1.807, 2.05) is 4.90 Å². The first-order chi connectivity index (χ1) is 8.61. The summed E-state index contributed by atoms with van der Waals surface area (Å²) in [6, 6.07) is 5.02. The molecule has 1 aliphatic rings. The maximum Gasteiger partial charge on any atom is 0.257 e. The van der Waals surface area contributed by atoms with Gasteiger partial charge in [0, 0.05) is 17.6 Å². The molecule has 3 nitrogen and oxygen atoms in total. The summed E-state index contributed by atoms with van der Waals surface area (Å²) in [7, 11) is 0. The van der Waals surface area contributed by atoms with Gasteiger partial charge in [0.25, 0.3) is 5.91 Å². The van der Waals surface area contributed by atoms with Crippen molar-refractivity contribution in [2.45, 2.75) is 26.2 Å². The summed E-state index contributed by atoms with van der Waals surface area (Å²) < 4.78 is 0.779. The molecule has 0 aliphatic carbocycles. The molecule has 4 heteroatoms. The molecule has 1 unspecified atom stereocenters. The molecule has 2 rings (SSSR count). The molecule has 1 atom stereocenters. The fraction of sp³-hybridized carbons (Fsp3) is 0.500. The lowest BCUT2D eigenvalue weighted by Gasteiger charge is -2.17. The molecular formula is C14H18BrNO2. The minimum atomic E-state index is -0.0568. The topological polar surface area (TPSA) is 40.5 Å². The number of carbonyl (C=O) groups excluding carboxylic acids is 1. The Morgan fingerprint density at radius 2 is 2.33 bits per heavy atom. The van der Waals surface area contributed by atoms with Crippen LogP contribution in [0.15, 0.2) is 22.7 Å². The molecule has 98 valence electrons. The molecule has 1 N–H and O–H groups in total. The number of rotatable bonds is 3. The van der Waals surface area contributed by atoms with Crippen LogP contribution in [0.5, 0.6) is 5.75 Å². The Balaban J connectivity index is 2.08. The Morgan fingerprint density at radius 3 is 3.00 bits per heavy atom. The lowest BCUT2D eigenvalue weighted by Crippen LogP contribution is -2.28. The molecule has 1 amide bonds. The number of phenolic OH excluding ortho intramolecular Hbond substituents is 1. The zero-order valence-corrected chi connectivity index (χ0v) is 12.1. The summed E-state index contributed by atoms with van der Waals surface area (Å²) in [5.41, 5.74) is 0.398. The SMILES string of the molecule is CCCC1CCN(C(=O)c2ccc(Br)cc2O)C1. The van der Waals surface area contributed by atoms with Crippen LogP contribution in [0.2, 0.25) is 0 Å². The number of nitrogens with zero attached hydrogens (tertiary/aromatic N) is 1. The lowest BCUT2D eigenvalue weighted by molar-refractivity contribution is 0.0783. The van der Waals surface area contributed by atoms with Crippen LogP contribution in [-0.2, 0) is 0 Å². The zero-order valence-electron chi connectivity index (χ0n) is 10.5. The Labute approximate surface area is 116 Å². The third-order valence-corrected chi connectivity index (χ3v) is 3.95. The summed E-state index contributed by atoms with van der Waals surface area (Å²) >= 11 is 3.27. The van der Waals surface area contributed by atoms with Crippen LogP contribution in [0.4, 0.5) is 0 Å². The highest BCUT2D eigenvalue weighted by atomic mass is 79.9. The quantitative estimate of drug-likeness (QED) is 0.929. The van der Waals surface area contributed by atoms with E-state index in [-0.39, 0.29) is 11.7 Å². The van der Waals surface area contributed by atoms with Gasteiger partial charge in [-0.05, 0) is 37.0 Å². The van der Waals surface area contributed by atoms with Gasteiger partial charge >= 0.3 is 0 Å². The minimum absolute atomic E-state index is 0.0494. The highest BCUT2D eigenvalue weighted by Gasteiger charge is 2.27. The predicted molar refractivity (Wildman–Crippen MR) is 74.7 cm³/mol. The Hall–Kier alpha value is -1.03. The van der Waals surface area contributed by atoms with Gasteiger partial charge in [-0.25, -0.2) is 0 Å².